The SMILES string of the molecule is O=C1c2ccccc2C(=O)N1CCc1cc([As])cc(C(F)(F)F)c1. The topological polar surface area (TPSA) is 37.4 Å². The first-order valence-electron chi connectivity index (χ1n) is 7.13. The average molecular weight is 393 g/mol. The van der Waals surface area contributed by atoms with E-state index in [1.807, 2.05) is 0 Å². The van der Waals surface area contributed by atoms with E-state index >= 15 is 0 Å². The van der Waals surface area contributed by atoms with Crippen molar-refractivity contribution in [3.63, 3.8) is 0 Å². The molecule has 0 fully saturated rings. The Morgan fingerprint density at radius 2 is 1.54 bits per heavy atom. The third-order valence-electron chi connectivity index (χ3n) is 3.81. The van der Waals surface area contributed by atoms with Crippen LogP contribution in [0.2, 0.25) is 0 Å². The summed E-state index contributed by atoms with van der Waals surface area (Å²) in [7, 11) is 0. The number of hydrogen-bond acceptors (Lipinski definition) is 2. The number of imide groups is 1. The maximum absolute atomic E-state index is 12.9. The Morgan fingerprint density at radius 3 is 2.08 bits per heavy atom. The van der Waals surface area contributed by atoms with E-state index in [1.54, 1.807) is 30.3 Å². The monoisotopic (exact) mass is 393 g/mol. The summed E-state index contributed by atoms with van der Waals surface area (Å²) < 4.78 is 39.0. The number of fused-ring (bicyclic) bond motifs is 1. The van der Waals surface area contributed by atoms with Crippen molar-refractivity contribution in [2.24, 2.45) is 0 Å². The fourth-order valence-corrected chi connectivity index (χ4v) is 3.30. The Hall–Kier alpha value is -2.07. The summed E-state index contributed by atoms with van der Waals surface area (Å²) >= 11 is 2.08. The van der Waals surface area contributed by atoms with Crippen molar-refractivity contribution in [1.82, 2.24) is 4.90 Å². The molecule has 7 heteroatoms. The van der Waals surface area contributed by atoms with Crippen LogP contribution in [-0.2, 0) is 12.6 Å². The van der Waals surface area contributed by atoms with Crippen LogP contribution in [-0.4, -0.2) is 40.1 Å². The van der Waals surface area contributed by atoms with Gasteiger partial charge in [0.15, 0.2) is 0 Å². The minimum atomic E-state index is -4.43. The molecule has 0 unspecified atom stereocenters. The normalized spacial score (nSPS) is 14.2. The molecule has 0 aromatic heterocycles. The number of amides is 2. The van der Waals surface area contributed by atoms with Crippen LogP contribution in [0.5, 0.6) is 0 Å². The molecular formula is C17H11AsF3NO2. The molecule has 3 nitrogen and oxygen atoms in total. The molecule has 1 heterocycles. The average Bonchev–Trinajstić information content (AvgIpc) is 2.76. The number of hydrogen-bond donors (Lipinski definition) is 0. The Kier molecular flexibility index (Phi) is 4.26. The van der Waals surface area contributed by atoms with Gasteiger partial charge in [-0.25, -0.2) is 0 Å². The van der Waals surface area contributed by atoms with Gasteiger partial charge in [0.05, 0.1) is 0 Å². The molecule has 0 saturated heterocycles. The summed E-state index contributed by atoms with van der Waals surface area (Å²) in [6.45, 7) is 0.0418. The minimum absolute atomic E-state index is 0.0418. The fourth-order valence-electron chi connectivity index (χ4n) is 2.67. The van der Waals surface area contributed by atoms with Gasteiger partial charge in [0.25, 0.3) is 0 Å². The number of alkyl halides is 3. The molecule has 122 valence electrons. The van der Waals surface area contributed by atoms with E-state index < -0.39 is 23.6 Å². The molecule has 0 saturated carbocycles. The Morgan fingerprint density at radius 1 is 0.958 bits per heavy atom. The number of rotatable bonds is 3. The van der Waals surface area contributed by atoms with Gasteiger partial charge in [0.1, 0.15) is 0 Å². The van der Waals surface area contributed by atoms with Crippen LogP contribution < -0.4 is 4.35 Å². The molecule has 0 N–H and O–H groups in total. The van der Waals surface area contributed by atoms with Gasteiger partial charge in [0, 0.05) is 0 Å². The van der Waals surface area contributed by atoms with Crippen molar-refractivity contribution in [3.05, 3.63) is 64.7 Å². The van der Waals surface area contributed by atoms with E-state index in [0.717, 1.165) is 17.0 Å². The number of carbonyl (C=O) groups is 2. The maximum atomic E-state index is 12.9. The summed E-state index contributed by atoms with van der Waals surface area (Å²) in [5.41, 5.74) is 0.355. The van der Waals surface area contributed by atoms with Crippen molar-refractivity contribution in [1.29, 1.82) is 0 Å². The van der Waals surface area contributed by atoms with E-state index in [-0.39, 0.29) is 13.0 Å². The molecule has 24 heavy (non-hydrogen) atoms. The van der Waals surface area contributed by atoms with Crippen LogP contribution in [0.15, 0.2) is 42.5 Å². The van der Waals surface area contributed by atoms with Crippen molar-refractivity contribution in [2.75, 3.05) is 6.54 Å². The second kappa shape index (κ2) is 6.09. The summed E-state index contributed by atoms with van der Waals surface area (Å²) in [6, 6.07) is 10.2. The van der Waals surface area contributed by atoms with Crippen LogP contribution in [0.1, 0.15) is 31.8 Å². The molecular weight excluding hydrogens is 382 g/mol. The van der Waals surface area contributed by atoms with Gasteiger partial charge >= 0.3 is 145 Å². The van der Waals surface area contributed by atoms with Gasteiger partial charge in [-0.3, -0.25) is 0 Å². The molecule has 0 spiro atoms. The van der Waals surface area contributed by atoms with Crippen LogP contribution in [0, 0.1) is 0 Å². The molecule has 1 aliphatic heterocycles. The van der Waals surface area contributed by atoms with E-state index in [2.05, 4.69) is 16.9 Å². The predicted octanol–water partition coefficient (Wildman–Crippen LogP) is 2.34. The molecule has 2 aromatic rings. The zero-order valence-electron chi connectivity index (χ0n) is 12.3. The molecule has 0 bridgehead atoms. The van der Waals surface area contributed by atoms with Crippen LogP contribution >= 0.6 is 0 Å². The predicted molar refractivity (Wildman–Crippen MR) is 82.3 cm³/mol. The summed E-state index contributed by atoms with van der Waals surface area (Å²) in [6.07, 6.45) is -4.26. The second-order valence-corrected chi connectivity index (χ2v) is 6.53. The Labute approximate surface area is 145 Å². The molecule has 0 aliphatic carbocycles. The Balaban J connectivity index is 1.79. The van der Waals surface area contributed by atoms with Crippen molar-refractivity contribution < 1.29 is 22.8 Å². The molecule has 0 atom stereocenters. The molecule has 3 rings (SSSR count). The molecule has 2 aromatic carbocycles. The van der Waals surface area contributed by atoms with Gasteiger partial charge in [0.2, 0.25) is 0 Å². The fraction of sp³-hybridized carbons (Fsp3) is 0.176. The van der Waals surface area contributed by atoms with Crippen molar-refractivity contribution in [2.45, 2.75) is 12.6 Å². The second-order valence-electron chi connectivity index (χ2n) is 5.44. The molecule has 1 aliphatic rings. The van der Waals surface area contributed by atoms with E-state index in [4.69, 9.17) is 0 Å². The van der Waals surface area contributed by atoms with Gasteiger partial charge in [-0.1, -0.05) is 0 Å². The van der Waals surface area contributed by atoms with Crippen LogP contribution in [0.3, 0.4) is 0 Å². The first kappa shape index (κ1) is 16.8. The van der Waals surface area contributed by atoms with Gasteiger partial charge in [-0.2, -0.15) is 0 Å². The number of benzene rings is 2. The summed E-state index contributed by atoms with van der Waals surface area (Å²) in [5, 5.41) is 0. The van der Waals surface area contributed by atoms with E-state index in [9.17, 15) is 22.8 Å². The van der Waals surface area contributed by atoms with E-state index in [0.29, 0.717) is 21.0 Å². The van der Waals surface area contributed by atoms with Gasteiger partial charge in [-0.15, -0.1) is 0 Å². The van der Waals surface area contributed by atoms with Crippen LogP contribution in [0.4, 0.5) is 13.2 Å². The summed E-state index contributed by atoms with van der Waals surface area (Å²) in [5.74, 6) is -0.815. The third kappa shape index (κ3) is 3.11. The first-order valence-corrected chi connectivity index (χ1v) is 8.06. The third-order valence-corrected chi connectivity index (χ3v) is 4.35. The zero-order chi connectivity index (χ0) is 17.5. The number of nitrogens with zero attached hydrogens (tertiary/aromatic N) is 1. The summed E-state index contributed by atoms with van der Waals surface area (Å²) in [4.78, 5) is 25.6. The molecule has 2 amide bonds. The number of carbonyl (C=O) groups excluding carboxylic acids is 2. The van der Waals surface area contributed by atoms with Crippen molar-refractivity contribution >= 4 is 33.0 Å². The van der Waals surface area contributed by atoms with Gasteiger partial charge in [-0.05, 0) is 0 Å². The van der Waals surface area contributed by atoms with Crippen LogP contribution in [0.25, 0.3) is 0 Å². The Bertz CT molecular complexity index is 798. The first-order chi connectivity index (χ1) is 11.3. The standard InChI is InChI=1S/C17H11AsF3NO2/c18-12-8-10(7-11(9-12)17(19,20)21)5-6-22-15(23)13-3-1-2-4-14(13)16(22)24/h1-4,7-9H,5-6H2. The van der Waals surface area contributed by atoms with E-state index in [1.165, 1.54) is 0 Å². The number of halogens is 3. The van der Waals surface area contributed by atoms with Gasteiger partial charge < -0.3 is 0 Å². The quantitative estimate of drug-likeness (QED) is 0.593. The van der Waals surface area contributed by atoms with Crippen molar-refractivity contribution in [3.8, 4) is 0 Å². The molecule has 2 radical (unpaired) electrons. The zero-order valence-corrected chi connectivity index (χ0v) is 14.2.